The molecule has 9 nitrogen and oxygen atoms in total. The van der Waals surface area contributed by atoms with Gasteiger partial charge in [-0.3, -0.25) is 0 Å². The van der Waals surface area contributed by atoms with Crippen LogP contribution in [-0.2, 0) is 10.0 Å². The molecule has 1 aromatic heterocycles. The van der Waals surface area contributed by atoms with E-state index in [9.17, 15) is 13.2 Å². The molecule has 2 aliphatic rings. The fourth-order valence-corrected chi connectivity index (χ4v) is 5.64. The molecule has 1 N–H and O–H groups in total. The minimum absolute atomic E-state index is 0.00505. The first kappa shape index (κ1) is 25.6. The number of anilines is 1. The van der Waals surface area contributed by atoms with E-state index in [2.05, 4.69) is 15.2 Å². The molecule has 0 aliphatic carbocycles. The molecule has 0 atom stereocenters. The van der Waals surface area contributed by atoms with Crippen molar-refractivity contribution >= 4 is 21.9 Å². The maximum Gasteiger partial charge on any atom is 0.317 e. The van der Waals surface area contributed by atoms with Crippen LogP contribution in [0.1, 0.15) is 47.0 Å². The monoisotopic (exact) mass is 481 g/mol. The van der Waals surface area contributed by atoms with Crippen molar-refractivity contribution in [2.45, 2.75) is 52.5 Å². The van der Waals surface area contributed by atoms with Crippen molar-refractivity contribution in [3.8, 4) is 5.75 Å². The maximum atomic E-state index is 12.3. The van der Waals surface area contributed by atoms with Gasteiger partial charge in [0.15, 0.2) is 0 Å². The lowest BCUT2D eigenvalue weighted by molar-refractivity contribution is 0.140. The van der Waals surface area contributed by atoms with Gasteiger partial charge in [-0.25, -0.2) is 18.2 Å². The summed E-state index contributed by atoms with van der Waals surface area (Å²) in [6.07, 6.45) is 4.22. The van der Waals surface area contributed by atoms with Gasteiger partial charge < -0.3 is 19.9 Å². The Kier molecular flexibility index (Phi) is 8.44. The van der Waals surface area contributed by atoms with E-state index in [1.165, 1.54) is 0 Å². The van der Waals surface area contributed by atoms with Crippen LogP contribution in [0.3, 0.4) is 0 Å². The van der Waals surface area contributed by atoms with Crippen LogP contribution in [0.15, 0.2) is 18.3 Å². The van der Waals surface area contributed by atoms with Gasteiger partial charge >= 0.3 is 6.03 Å². The lowest BCUT2D eigenvalue weighted by atomic mass is 9.98. The second-order valence-corrected chi connectivity index (χ2v) is 12.1. The van der Waals surface area contributed by atoms with Crippen LogP contribution >= 0.6 is 0 Å². The van der Waals surface area contributed by atoms with E-state index in [1.807, 2.05) is 44.7 Å². The highest BCUT2D eigenvalue weighted by molar-refractivity contribution is 7.89. The minimum atomic E-state index is -3.14. The van der Waals surface area contributed by atoms with Crippen LogP contribution in [-0.4, -0.2) is 85.8 Å². The highest BCUT2D eigenvalue weighted by Crippen LogP contribution is 2.22. The number of rotatable bonds is 7. The van der Waals surface area contributed by atoms with Gasteiger partial charge in [-0.05, 0) is 58.1 Å². The number of piperidine rings is 1. The summed E-state index contributed by atoms with van der Waals surface area (Å²) in [5.74, 6) is 2.20. The molecule has 1 aromatic rings. The lowest BCUT2D eigenvalue weighted by Crippen LogP contribution is -2.51. The number of nitrogens with one attached hydrogen (secondary N) is 1. The van der Waals surface area contributed by atoms with Gasteiger partial charge in [-0.2, -0.15) is 4.31 Å². The van der Waals surface area contributed by atoms with Crippen molar-refractivity contribution in [1.29, 1.82) is 0 Å². The molecular weight excluding hydrogens is 442 g/mol. The number of urea groups is 1. The number of carbonyl (C=O) groups excluding carboxylic acids is 1. The average molecular weight is 482 g/mol. The van der Waals surface area contributed by atoms with Crippen LogP contribution in [0.2, 0.25) is 0 Å². The minimum Gasteiger partial charge on any atom is -0.492 e. The Morgan fingerprint density at radius 1 is 1.12 bits per heavy atom. The van der Waals surface area contributed by atoms with Crippen molar-refractivity contribution in [3.63, 3.8) is 0 Å². The van der Waals surface area contributed by atoms with E-state index in [1.54, 1.807) is 10.5 Å². The van der Waals surface area contributed by atoms with E-state index >= 15 is 0 Å². The Bertz CT molecular complexity index is 869. The average Bonchev–Trinajstić information content (AvgIpc) is 2.77. The van der Waals surface area contributed by atoms with E-state index in [0.717, 1.165) is 37.5 Å². The Morgan fingerprint density at radius 3 is 2.33 bits per heavy atom. The molecule has 186 valence electrons. The van der Waals surface area contributed by atoms with Gasteiger partial charge in [-0.1, -0.05) is 6.92 Å². The van der Waals surface area contributed by atoms with Crippen LogP contribution in [0, 0.1) is 5.92 Å². The molecule has 2 saturated heterocycles. The summed E-state index contributed by atoms with van der Waals surface area (Å²) >= 11 is 0. The topological polar surface area (TPSA) is 95.1 Å². The Balaban J connectivity index is 1.41. The van der Waals surface area contributed by atoms with Gasteiger partial charge in [-0.15, -0.1) is 0 Å². The molecule has 0 unspecified atom stereocenters. The summed E-state index contributed by atoms with van der Waals surface area (Å²) < 4.78 is 32.0. The zero-order valence-electron chi connectivity index (χ0n) is 20.4. The summed E-state index contributed by atoms with van der Waals surface area (Å²) in [6.45, 7) is 12.2. The zero-order valence-corrected chi connectivity index (χ0v) is 21.2. The standard InChI is InChI=1S/C23H39N5O4S/c1-5-16-33(30,31)28-14-12-26(13-15-28)21-7-6-20(17-24-21)32-18-19-8-10-27(11-9-19)22(29)25-23(2,3)4/h6-7,17,19H,5,8-16,18H2,1-4H3,(H,25,29). The van der Waals surface area contributed by atoms with Crippen molar-refractivity contribution in [1.82, 2.24) is 19.5 Å². The first-order valence-corrected chi connectivity index (χ1v) is 13.6. The molecule has 3 heterocycles. The molecule has 2 fully saturated rings. The Morgan fingerprint density at radius 2 is 1.79 bits per heavy atom. The predicted molar refractivity (Wildman–Crippen MR) is 130 cm³/mol. The molecule has 33 heavy (non-hydrogen) atoms. The second kappa shape index (κ2) is 10.9. The van der Waals surface area contributed by atoms with Crippen LogP contribution in [0.4, 0.5) is 10.6 Å². The highest BCUT2D eigenvalue weighted by Gasteiger charge is 2.27. The molecule has 2 aliphatic heterocycles. The third-order valence-electron chi connectivity index (χ3n) is 6.01. The number of carbonyl (C=O) groups is 1. The number of aromatic nitrogens is 1. The zero-order chi connectivity index (χ0) is 24.1. The SMILES string of the molecule is CCCS(=O)(=O)N1CCN(c2ccc(OCC3CCN(C(=O)NC(C)(C)C)CC3)cn2)CC1. The highest BCUT2D eigenvalue weighted by atomic mass is 32.2. The molecule has 0 radical (unpaired) electrons. The number of hydrogen-bond donors (Lipinski definition) is 1. The molecule has 0 saturated carbocycles. The molecule has 3 rings (SSSR count). The molecule has 2 amide bonds. The van der Waals surface area contributed by atoms with Gasteiger partial charge in [0.2, 0.25) is 10.0 Å². The molecule has 0 spiro atoms. The van der Waals surface area contributed by atoms with E-state index in [4.69, 9.17) is 4.74 Å². The summed E-state index contributed by atoms with van der Waals surface area (Å²) in [5, 5.41) is 3.02. The normalized spacial score (nSPS) is 18.9. The fourth-order valence-electron chi connectivity index (χ4n) is 4.14. The number of amides is 2. The lowest BCUT2D eigenvalue weighted by Gasteiger charge is -2.35. The summed E-state index contributed by atoms with van der Waals surface area (Å²) in [6, 6.07) is 3.87. The number of pyridine rings is 1. The Hall–Kier alpha value is -2.07. The maximum absolute atomic E-state index is 12.3. The number of ether oxygens (including phenoxy) is 1. The third kappa shape index (κ3) is 7.46. The fraction of sp³-hybridized carbons (Fsp3) is 0.739. The summed E-state index contributed by atoms with van der Waals surface area (Å²) in [4.78, 5) is 20.8. The van der Waals surface area contributed by atoms with Crippen LogP contribution < -0.4 is 15.0 Å². The first-order valence-electron chi connectivity index (χ1n) is 12.0. The number of sulfonamides is 1. The van der Waals surface area contributed by atoms with E-state index in [0.29, 0.717) is 45.1 Å². The van der Waals surface area contributed by atoms with E-state index in [-0.39, 0.29) is 17.3 Å². The van der Waals surface area contributed by atoms with Gasteiger partial charge in [0.25, 0.3) is 0 Å². The molecule has 0 bridgehead atoms. The van der Waals surface area contributed by atoms with E-state index < -0.39 is 10.0 Å². The molecular formula is C23H39N5O4S. The summed E-state index contributed by atoms with van der Waals surface area (Å²) in [5.41, 5.74) is -0.226. The first-order chi connectivity index (χ1) is 15.6. The van der Waals surface area contributed by atoms with Crippen molar-refractivity contribution in [2.75, 3.05) is 56.5 Å². The number of likely N-dealkylation sites (tertiary alicyclic amines) is 1. The largest absolute Gasteiger partial charge is 0.492 e. The van der Waals surface area contributed by atoms with Gasteiger partial charge in [0.05, 0.1) is 18.6 Å². The quantitative estimate of drug-likeness (QED) is 0.643. The predicted octanol–water partition coefficient (Wildman–Crippen LogP) is 2.54. The number of piperazine rings is 1. The number of nitrogens with zero attached hydrogens (tertiary/aromatic N) is 4. The van der Waals surface area contributed by atoms with Crippen molar-refractivity contribution in [3.05, 3.63) is 18.3 Å². The van der Waals surface area contributed by atoms with Gasteiger partial charge in [0, 0.05) is 44.8 Å². The summed E-state index contributed by atoms with van der Waals surface area (Å²) in [7, 11) is -3.14. The van der Waals surface area contributed by atoms with Gasteiger partial charge in [0.1, 0.15) is 11.6 Å². The van der Waals surface area contributed by atoms with Crippen molar-refractivity contribution in [2.24, 2.45) is 5.92 Å². The molecule has 10 heteroatoms. The molecule has 0 aromatic carbocycles. The smallest absolute Gasteiger partial charge is 0.317 e. The number of hydrogen-bond acceptors (Lipinski definition) is 6. The van der Waals surface area contributed by atoms with Crippen molar-refractivity contribution < 1.29 is 17.9 Å². The van der Waals surface area contributed by atoms with Crippen LogP contribution in [0.5, 0.6) is 5.75 Å². The Labute approximate surface area is 198 Å². The third-order valence-corrected chi connectivity index (χ3v) is 8.08. The van der Waals surface area contributed by atoms with Crippen LogP contribution in [0.25, 0.3) is 0 Å². The second-order valence-electron chi connectivity index (χ2n) is 9.98.